The lowest BCUT2D eigenvalue weighted by Gasteiger charge is -2.17. The van der Waals surface area contributed by atoms with E-state index in [9.17, 15) is 4.79 Å². The highest BCUT2D eigenvalue weighted by atomic mass is 35.5. The maximum Gasteiger partial charge on any atom is 0.246 e. The number of halogens is 2. The maximum absolute atomic E-state index is 12.4. The van der Waals surface area contributed by atoms with Crippen LogP contribution >= 0.6 is 23.2 Å². The maximum atomic E-state index is 12.4. The first-order valence-corrected chi connectivity index (χ1v) is 8.30. The Morgan fingerprint density at radius 3 is 2.54 bits per heavy atom. The van der Waals surface area contributed by atoms with Gasteiger partial charge >= 0.3 is 0 Å². The van der Waals surface area contributed by atoms with Gasteiger partial charge in [-0.25, -0.2) is 0 Å². The van der Waals surface area contributed by atoms with Gasteiger partial charge in [0.05, 0.1) is 10.7 Å². The van der Waals surface area contributed by atoms with Crippen molar-refractivity contribution in [1.29, 1.82) is 0 Å². The number of carbonyl (C=O) groups is 1. The summed E-state index contributed by atoms with van der Waals surface area (Å²) in [4.78, 5) is 12.4. The van der Waals surface area contributed by atoms with E-state index in [4.69, 9.17) is 23.2 Å². The molecule has 0 radical (unpaired) electrons. The average molecular weight is 359 g/mol. The minimum absolute atomic E-state index is 0.188. The van der Waals surface area contributed by atoms with Crippen LogP contribution in [0.15, 0.2) is 60.7 Å². The van der Waals surface area contributed by atoms with Crippen LogP contribution in [-0.4, -0.2) is 11.9 Å². The molecule has 0 fully saturated rings. The van der Waals surface area contributed by atoms with Crippen molar-refractivity contribution in [3.63, 3.8) is 0 Å². The molecule has 0 aromatic heterocycles. The summed E-state index contributed by atoms with van der Waals surface area (Å²) in [6, 6.07) is 18.5. The third-order valence-corrected chi connectivity index (χ3v) is 4.31. The molecule has 0 bridgehead atoms. The predicted octanol–water partition coefficient (Wildman–Crippen LogP) is 5.59. The highest BCUT2D eigenvalue weighted by molar-refractivity contribution is 6.35. The summed E-state index contributed by atoms with van der Waals surface area (Å²) in [5, 5.41) is 9.21. The molecule has 0 unspecified atom stereocenters. The van der Waals surface area contributed by atoms with Crippen molar-refractivity contribution in [2.45, 2.75) is 13.0 Å². The molecule has 1 amide bonds. The molecule has 24 heavy (non-hydrogen) atoms. The lowest BCUT2D eigenvalue weighted by molar-refractivity contribution is -0.116. The van der Waals surface area contributed by atoms with Crippen LogP contribution in [-0.2, 0) is 4.79 Å². The molecule has 3 aromatic rings. The van der Waals surface area contributed by atoms with E-state index in [1.165, 1.54) is 0 Å². The van der Waals surface area contributed by atoms with Crippen molar-refractivity contribution < 1.29 is 4.79 Å². The van der Waals surface area contributed by atoms with Crippen LogP contribution < -0.4 is 10.6 Å². The van der Waals surface area contributed by atoms with Crippen LogP contribution in [0.1, 0.15) is 6.92 Å². The fourth-order valence-electron chi connectivity index (χ4n) is 2.48. The van der Waals surface area contributed by atoms with Gasteiger partial charge in [0, 0.05) is 16.1 Å². The van der Waals surface area contributed by atoms with Gasteiger partial charge in [0.25, 0.3) is 0 Å². The number of hydrogen-bond donors (Lipinski definition) is 2. The number of anilines is 2. The number of carbonyl (C=O) groups excluding carboxylic acids is 1. The molecule has 0 aliphatic rings. The third kappa shape index (κ3) is 3.64. The van der Waals surface area contributed by atoms with Crippen molar-refractivity contribution >= 4 is 51.3 Å². The first-order valence-electron chi connectivity index (χ1n) is 7.55. The zero-order chi connectivity index (χ0) is 17.1. The second-order valence-corrected chi connectivity index (χ2v) is 6.35. The summed E-state index contributed by atoms with van der Waals surface area (Å²) >= 11 is 12.0. The summed E-state index contributed by atoms with van der Waals surface area (Å²) in [6.45, 7) is 1.80. The van der Waals surface area contributed by atoms with E-state index < -0.39 is 6.04 Å². The molecule has 0 saturated heterocycles. The van der Waals surface area contributed by atoms with Gasteiger partial charge in [-0.05, 0) is 36.6 Å². The van der Waals surface area contributed by atoms with Gasteiger partial charge in [-0.1, -0.05) is 59.6 Å². The predicted molar refractivity (Wildman–Crippen MR) is 102 cm³/mol. The number of fused-ring (bicyclic) bond motifs is 1. The van der Waals surface area contributed by atoms with Gasteiger partial charge in [0.2, 0.25) is 5.91 Å². The lowest BCUT2D eigenvalue weighted by atomic mass is 10.1. The van der Waals surface area contributed by atoms with Gasteiger partial charge in [-0.15, -0.1) is 0 Å². The molecular formula is C19H16Cl2N2O. The molecule has 2 N–H and O–H groups in total. The topological polar surface area (TPSA) is 41.1 Å². The Morgan fingerprint density at radius 2 is 1.71 bits per heavy atom. The van der Waals surface area contributed by atoms with E-state index in [-0.39, 0.29) is 5.91 Å². The number of hydrogen-bond acceptors (Lipinski definition) is 2. The summed E-state index contributed by atoms with van der Waals surface area (Å²) in [7, 11) is 0. The normalized spacial score (nSPS) is 12.0. The second kappa shape index (κ2) is 7.12. The van der Waals surface area contributed by atoms with Crippen molar-refractivity contribution in [2.24, 2.45) is 0 Å². The average Bonchev–Trinajstić information content (AvgIpc) is 2.58. The molecule has 3 nitrogen and oxygen atoms in total. The standard InChI is InChI=1S/C19H16Cl2N2O/c1-12(19(24)23-18-11-14(20)9-10-16(18)21)22-17-8-4-6-13-5-2-3-7-15(13)17/h2-12,22H,1H3,(H,23,24)/t12-/m1/s1. The van der Waals surface area contributed by atoms with E-state index in [2.05, 4.69) is 10.6 Å². The van der Waals surface area contributed by atoms with Gasteiger partial charge < -0.3 is 10.6 Å². The quantitative estimate of drug-likeness (QED) is 0.638. The van der Waals surface area contributed by atoms with Crippen LogP contribution in [0, 0.1) is 0 Å². The Hall–Kier alpha value is -2.23. The van der Waals surface area contributed by atoms with Gasteiger partial charge in [-0.3, -0.25) is 4.79 Å². The molecule has 5 heteroatoms. The molecule has 0 aliphatic heterocycles. The Kier molecular flexibility index (Phi) is 4.93. The summed E-state index contributed by atoms with van der Waals surface area (Å²) in [5.74, 6) is -0.188. The summed E-state index contributed by atoms with van der Waals surface area (Å²) < 4.78 is 0. The zero-order valence-corrected chi connectivity index (χ0v) is 14.5. The number of rotatable bonds is 4. The smallest absolute Gasteiger partial charge is 0.246 e. The first kappa shape index (κ1) is 16.6. The molecular weight excluding hydrogens is 343 g/mol. The second-order valence-electron chi connectivity index (χ2n) is 5.51. The van der Waals surface area contributed by atoms with Crippen LogP contribution in [0.2, 0.25) is 10.0 Å². The van der Waals surface area contributed by atoms with E-state index in [0.717, 1.165) is 16.5 Å². The molecule has 0 spiro atoms. The number of nitrogens with one attached hydrogen (secondary N) is 2. The molecule has 3 aromatic carbocycles. The van der Waals surface area contributed by atoms with Crippen molar-refractivity contribution in [3.8, 4) is 0 Å². The zero-order valence-electron chi connectivity index (χ0n) is 13.0. The Morgan fingerprint density at radius 1 is 0.958 bits per heavy atom. The minimum Gasteiger partial charge on any atom is -0.373 e. The van der Waals surface area contributed by atoms with E-state index in [1.807, 2.05) is 42.5 Å². The SMILES string of the molecule is C[C@@H](Nc1cccc2ccccc12)C(=O)Nc1cc(Cl)ccc1Cl. The van der Waals surface area contributed by atoms with Crippen LogP contribution in [0.5, 0.6) is 0 Å². The Balaban J connectivity index is 1.77. The van der Waals surface area contributed by atoms with Gasteiger partial charge in [0.1, 0.15) is 6.04 Å². The van der Waals surface area contributed by atoms with Crippen LogP contribution in [0.3, 0.4) is 0 Å². The van der Waals surface area contributed by atoms with Crippen LogP contribution in [0.4, 0.5) is 11.4 Å². The van der Waals surface area contributed by atoms with Gasteiger partial charge in [0.15, 0.2) is 0 Å². The highest BCUT2D eigenvalue weighted by Crippen LogP contribution is 2.26. The molecule has 0 aliphatic carbocycles. The van der Waals surface area contributed by atoms with E-state index in [0.29, 0.717) is 15.7 Å². The Bertz CT molecular complexity index is 890. The summed E-state index contributed by atoms with van der Waals surface area (Å²) in [6.07, 6.45) is 0. The van der Waals surface area contributed by atoms with Crippen LogP contribution in [0.25, 0.3) is 10.8 Å². The largest absolute Gasteiger partial charge is 0.373 e. The minimum atomic E-state index is -0.439. The number of benzene rings is 3. The fourth-order valence-corrected chi connectivity index (χ4v) is 2.82. The van der Waals surface area contributed by atoms with E-state index >= 15 is 0 Å². The number of amides is 1. The fraction of sp³-hybridized carbons (Fsp3) is 0.105. The molecule has 122 valence electrons. The lowest BCUT2D eigenvalue weighted by Crippen LogP contribution is -2.32. The molecule has 0 saturated carbocycles. The van der Waals surface area contributed by atoms with E-state index in [1.54, 1.807) is 25.1 Å². The molecule has 0 heterocycles. The van der Waals surface area contributed by atoms with Crippen molar-refractivity contribution in [1.82, 2.24) is 0 Å². The molecule has 1 atom stereocenters. The first-order chi connectivity index (χ1) is 11.5. The third-order valence-electron chi connectivity index (χ3n) is 3.74. The Labute approximate surface area is 150 Å². The van der Waals surface area contributed by atoms with Crippen molar-refractivity contribution in [3.05, 3.63) is 70.7 Å². The monoisotopic (exact) mass is 358 g/mol. The molecule has 3 rings (SSSR count). The van der Waals surface area contributed by atoms with Crippen molar-refractivity contribution in [2.75, 3.05) is 10.6 Å². The highest BCUT2D eigenvalue weighted by Gasteiger charge is 2.15. The van der Waals surface area contributed by atoms with Gasteiger partial charge in [-0.2, -0.15) is 0 Å². The summed E-state index contributed by atoms with van der Waals surface area (Å²) in [5.41, 5.74) is 1.41.